The Kier molecular flexibility index (Phi) is 5.34. The molecule has 2 heterocycles. The second kappa shape index (κ2) is 7.66. The Labute approximate surface area is 148 Å². The summed E-state index contributed by atoms with van der Waals surface area (Å²) in [6.45, 7) is 7.35. The van der Waals surface area contributed by atoms with Crippen LogP contribution < -0.4 is 10.5 Å². The molecule has 3 rings (SSSR count). The van der Waals surface area contributed by atoms with Crippen molar-refractivity contribution in [2.45, 2.75) is 39.3 Å². The van der Waals surface area contributed by atoms with Gasteiger partial charge in [-0.2, -0.15) is 0 Å². The molecular weight excluding hydrogens is 314 g/mol. The van der Waals surface area contributed by atoms with E-state index in [2.05, 4.69) is 41.9 Å². The zero-order chi connectivity index (χ0) is 17.8. The first kappa shape index (κ1) is 17.4. The molecule has 25 heavy (non-hydrogen) atoms. The molecule has 0 bridgehead atoms. The molecule has 2 aromatic rings. The van der Waals surface area contributed by atoms with Gasteiger partial charge >= 0.3 is 0 Å². The predicted octanol–water partition coefficient (Wildman–Crippen LogP) is 2.84. The van der Waals surface area contributed by atoms with Crippen molar-refractivity contribution in [3.05, 3.63) is 58.9 Å². The van der Waals surface area contributed by atoms with Gasteiger partial charge in [0.05, 0.1) is 0 Å². The van der Waals surface area contributed by atoms with Crippen molar-refractivity contribution in [1.29, 1.82) is 0 Å². The quantitative estimate of drug-likeness (QED) is 0.909. The molecule has 0 spiro atoms. The first-order valence-electron chi connectivity index (χ1n) is 8.73. The standard InChI is InChI=1S/C20H25N3O2/c1-14-4-3-5-16(15(14)2)13-23-10-7-17(8-11-23)25-18-6-9-22-19(12-18)20(21)24/h3-6,9,12,17H,7-8,10-11,13H2,1-2H3,(H2,21,24). The van der Waals surface area contributed by atoms with E-state index < -0.39 is 5.91 Å². The second-order valence-electron chi connectivity index (χ2n) is 6.69. The normalized spacial score (nSPS) is 15.9. The van der Waals surface area contributed by atoms with Crippen LogP contribution in [0.4, 0.5) is 0 Å². The molecule has 0 atom stereocenters. The molecule has 1 saturated heterocycles. The highest BCUT2D eigenvalue weighted by atomic mass is 16.5. The summed E-state index contributed by atoms with van der Waals surface area (Å²) < 4.78 is 6.01. The molecule has 0 radical (unpaired) electrons. The summed E-state index contributed by atoms with van der Waals surface area (Å²) >= 11 is 0. The lowest BCUT2D eigenvalue weighted by Gasteiger charge is -2.32. The van der Waals surface area contributed by atoms with E-state index in [0.29, 0.717) is 5.75 Å². The Morgan fingerprint density at radius 1 is 1.28 bits per heavy atom. The lowest BCUT2D eigenvalue weighted by Crippen LogP contribution is -2.38. The monoisotopic (exact) mass is 339 g/mol. The lowest BCUT2D eigenvalue weighted by atomic mass is 10.0. The predicted molar refractivity (Wildman–Crippen MR) is 97.6 cm³/mol. The zero-order valence-corrected chi connectivity index (χ0v) is 14.9. The number of piperidine rings is 1. The van der Waals surface area contributed by atoms with Gasteiger partial charge in [-0.3, -0.25) is 14.7 Å². The lowest BCUT2D eigenvalue weighted by molar-refractivity contribution is 0.0952. The van der Waals surface area contributed by atoms with Gasteiger partial charge in [0.1, 0.15) is 17.5 Å². The number of pyridine rings is 1. The Balaban J connectivity index is 1.54. The number of aromatic nitrogens is 1. The summed E-state index contributed by atoms with van der Waals surface area (Å²) in [6.07, 6.45) is 3.67. The maximum absolute atomic E-state index is 11.2. The topological polar surface area (TPSA) is 68.4 Å². The highest BCUT2D eigenvalue weighted by Gasteiger charge is 2.21. The third kappa shape index (κ3) is 4.37. The minimum absolute atomic E-state index is 0.165. The van der Waals surface area contributed by atoms with E-state index in [0.717, 1.165) is 32.5 Å². The van der Waals surface area contributed by atoms with E-state index in [4.69, 9.17) is 10.5 Å². The van der Waals surface area contributed by atoms with Crippen LogP contribution >= 0.6 is 0 Å². The molecule has 0 unspecified atom stereocenters. The van der Waals surface area contributed by atoms with Crippen LogP contribution in [0.25, 0.3) is 0 Å². The second-order valence-corrected chi connectivity index (χ2v) is 6.69. The molecule has 1 aliphatic heterocycles. The van der Waals surface area contributed by atoms with Crippen LogP contribution in [0.3, 0.4) is 0 Å². The minimum Gasteiger partial charge on any atom is -0.490 e. The first-order chi connectivity index (χ1) is 12.0. The van der Waals surface area contributed by atoms with Gasteiger partial charge in [-0.05, 0) is 49.4 Å². The van der Waals surface area contributed by atoms with Crippen LogP contribution in [-0.2, 0) is 6.54 Å². The van der Waals surface area contributed by atoms with Crippen molar-refractivity contribution in [1.82, 2.24) is 9.88 Å². The fourth-order valence-corrected chi connectivity index (χ4v) is 3.22. The van der Waals surface area contributed by atoms with E-state index in [9.17, 15) is 4.79 Å². The molecule has 5 heteroatoms. The molecule has 1 aromatic carbocycles. The number of primary amides is 1. The number of carbonyl (C=O) groups is 1. The Morgan fingerprint density at radius 2 is 2.04 bits per heavy atom. The minimum atomic E-state index is -0.534. The fourth-order valence-electron chi connectivity index (χ4n) is 3.22. The van der Waals surface area contributed by atoms with Crippen LogP contribution in [0.5, 0.6) is 5.75 Å². The van der Waals surface area contributed by atoms with E-state index in [1.807, 2.05) is 0 Å². The van der Waals surface area contributed by atoms with Gasteiger partial charge in [-0.15, -0.1) is 0 Å². The Bertz CT molecular complexity index is 752. The molecule has 1 fully saturated rings. The summed E-state index contributed by atoms with van der Waals surface area (Å²) in [5.41, 5.74) is 9.64. The van der Waals surface area contributed by atoms with Gasteiger partial charge in [0, 0.05) is 31.9 Å². The molecule has 1 aliphatic rings. The number of hydrogen-bond donors (Lipinski definition) is 1. The number of hydrogen-bond acceptors (Lipinski definition) is 4. The van der Waals surface area contributed by atoms with E-state index in [-0.39, 0.29) is 11.8 Å². The van der Waals surface area contributed by atoms with Gasteiger partial charge in [0.25, 0.3) is 5.91 Å². The smallest absolute Gasteiger partial charge is 0.267 e. The largest absolute Gasteiger partial charge is 0.490 e. The molecule has 1 aromatic heterocycles. The van der Waals surface area contributed by atoms with Gasteiger partial charge in [0.15, 0.2) is 0 Å². The van der Waals surface area contributed by atoms with Crippen LogP contribution in [0.1, 0.15) is 40.0 Å². The number of nitrogens with zero attached hydrogens (tertiary/aromatic N) is 2. The number of nitrogens with two attached hydrogens (primary N) is 1. The molecule has 5 nitrogen and oxygen atoms in total. The van der Waals surface area contributed by atoms with Crippen LogP contribution in [0.2, 0.25) is 0 Å². The number of amides is 1. The first-order valence-corrected chi connectivity index (χ1v) is 8.73. The number of benzene rings is 1. The average molecular weight is 339 g/mol. The van der Waals surface area contributed by atoms with Crippen LogP contribution in [0, 0.1) is 13.8 Å². The molecule has 0 aliphatic carbocycles. The number of rotatable bonds is 5. The highest BCUT2D eigenvalue weighted by molar-refractivity contribution is 5.91. The van der Waals surface area contributed by atoms with Crippen molar-refractivity contribution in [2.24, 2.45) is 5.73 Å². The Morgan fingerprint density at radius 3 is 2.76 bits per heavy atom. The molecule has 132 valence electrons. The fraction of sp³-hybridized carbons (Fsp3) is 0.400. The third-order valence-electron chi connectivity index (χ3n) is 4.93. The molecule has 1 amide bonds. The Hall–Kier alpha value is -2.40. The van der Waals surface area contributed by atoms with Gasteiger partial charge in [0.2, 0.25) is 0 Å². The zero-order valence-electron chi connectivity index (χ0n) is 14.9. The average Bonchev–Trinajstić information content (AvgIpc) is 2.61. The summed E-state index contributed by atoms with van der Waals surface area (Å²) in [6, 6.07) is 9.90. The number of carbonyl (C=O) groups excluding carboxylic acids is 1. The molecule has 2 N–H and O–H groups in total. The number of aryl methyl sites for hydroxylation is 1. The van der Waals surface area contributed by atoms with Gasteiger partial charge in [-0.25, -0.2) is 0 Å². The SMILES string of the molecule is Cc1cccc(CN2CCC(Oc3ccnc(C(N)=O)c3)CC2)c1C. The maximum Gasteiger partial charge on any atom is 0.267 e. The van der Waals surface area contributed by atoms with E-state index in [1.165, 1.54) is 16.7 Å². The van der Waals surface area contributed by atoms with E-state index >= 15 is 0 Å². The van der Waals surface area contributed by atoms with Crippen molar-refractivity contribution < 1.29 is 9.53 Å². The summed E-state index contributed by atoms with van der Waals surface area (Å²) in [4.78, 5) is 17.6. The third-order valence-corrected chi connectivity index (χ3v) is 4.93. The number of likely N-dealkylation sites (tertiary alicyclic amines) is 1. The van der Waals surface area contributed by atoms with Crippen molar-refractivity contribution in [3.8, 4) is 5.75 Å². The van der Waals surface area contributed by atoms with E-state index in [1.54, 1.807) is 18.3 Å². The summed E-state index contributed by atoms with van der Waals surface area (Å²) in [7, 11) is 0. The number of ether oxygens (including phenoxy) is 1. The molecule has 0 saturated carbocycles. The van der Waals surface area contributed by atoms with Crippen molar-refractivity contribution in [3.63, 3.8) is 0 Å². The van der Waals surface area contributed by atoms with Crippen LogP contribution in [-0.4, -0.2) is 35.0 Å². The maximum atomic E-state index is 11.2. The summed E-state index contributed by atoms with van der Waals surface area (Å²) in [5.74, 6) is 0.130. The van der Waals surface area contributed by atoms with Crippen LogP contribution in [0.15, 0.2) is 36.5 Å². The molecular formula is C20H25N3O2. The van der Waals surface area contributed by atoms with Gasteiger partial charge < -0.3 is 10.5 Å². The van der Waals surface area contributed by atoms with Gasteiger partial charge in [-0.1, -0.05) is 18.2 Å². The summed E-state index contributed by atoms with van der Waals surface area (Å²) in [5, 5.41) is 0. The van der Waals surface area contributed by atoms with Crippen molar-refractivity contribution in [2.75, 3.05) is 13.1 Å². The highest BCUT2D eigenvalue weighted by Crippen LogP contribution is 2.22. The van der Waals surface area contributed by atoms with Crippen molar-refractivity contribution >= 4 is 5.91 Å².